The summed E-state index contributed by atoms with van der Waals surface area (Å²) < 4.78 is 0. The molecule has 0 bridgehead atoms. The Bertz CT molecular complexity index is 786. The maximum absolute atomic E-state index is 10.2. The molecule has 0 aromatic carbocycles. The van der Waals surface area contributed by atoms with Crippen LogP contribution in [-0.2, 0) is 19.5 Å². The van der Waals surface area contributed by atoms with E-state index in [-0.39, 0.29) is 30.4 Å². The zero-order chi connectivity index (χ0) is 18.1. The van der Waals surface area contributed by atoms with Crippen molar-refractivity contribution in [2.75, 3.05) is 5.32 Å². The molecule has 0 amide bonds. The Morgan fingerprint density at radius 2 is 1.14 bits per heavy atom. The van der Waals surface area contributed by atoms with Crippen molar-refractivity contribution in [1.29, 1.82) is 0 Å². The first-order valence-corrected chi connectivity index (χ1v) is 7.05. The minimum absolute atomic E-state index is 0. The number of hydrogen-bond donors (Lipinski definition) is 1. The summed E-state index contributed by atoms with van der Waals surface area (Å²) >= 11 is 0. The standard InChI is InChI=1S/C10H9N3.C7H5NO4.2H2O.Zn/c1-3-7-11-9(5-1)13-10-6-2-4-8-12-10;9-6(10)4-2-1-3-5(8-4)7(11)12;;;/h1-8H,(H,11,12,13);1-3H,(H,9,10)(H,11,12);2*1H2;/q;;;;+2/p-2. The Morgan fingerprint density at radius 3 is 1.46 bits per heavy atom. The maximum Gasteiger partial charge on any atom is 2.00 e. The first-order valence-electron chi connectivity index (χ1n) is 7.05. The van der Waals surface area contributed by atoms with Crippen LogP contribution in [0.5, 0.6) is 0 Å². The molecule has 0 aliphatic rings. The molecule has 11 heteroatoms. The fourth-order valence-corrected chi connectivity index (χ4v) is 1.67. The summed E-state index contributed by atoms with van der Waals surface area (Å²) in [5.41, 5.74) is -0.839. The second kappa shape index (κ2) is 13.9. The molecule has 0 saturated heterocycles. The molecule has 10 nitrogen and oxygen atoms in total. The van der Waals surface area contributed by atoms with Crippen LogP contribution in [0, 0.1) is 0 Å². The van der Waals surface area contributed by atoms with E-state index >= 15 is 0 Å². The zero-order valence-corrected chi connectivity index (χ0v) is 17.5. The third-order valence-electron chi connectivity index (χ3n) is 2.75. The van der Waals surface area contributed by atoms with Crippen LogP contribution in [0.25, 0.3) is 0 Å². The molecule has 142 valence electrons. The van der Waals surface area contributed by atoms with Gasteiger partial charge in [0.25, 0.3) is 0 Å². The number of nitrogens with zero attached hydrogens (tertiary/aromatic N) is 3. The van der Waals surface area contributed by atoms with Crippen molar-refractivity contribution in [2.24, 2.45) is 0 Å². The molecule has 0 fully saturated rings. The summed E-state index contributed by atoms with van der Waals surface area (Å²) in [4.78, 5) is 31.9. The molecule has 28 heavy (non-hydrogen) atoms. The quantitative estimate of drug-likeness (QED) is 0.470. The largest absolute Gasteiger partial charge is 2.00 e. The van der Waals surface area contributed by atoms with Crippen LogP contribution in [0.1, 0.15) is 21.0 Å². The van der Waals surface area contributed by atoms with Gasteiger partial charge in [-0.2, -0.15) is 0 Å². The van der Waals surface area contributed by atoms with Gasteiger partial charge in [0.2, 0.25) is 0 Å². The van der Waals surface area contributed by atoms with E-state index in [4.69, 9.17) is 0 Å². The first-order chi connectivity index (χ1) is 12.1. The van der Waals surface area contributed by atoms with E-state index in [1.165, 1.54) is 6.07 Å². The molecular formula is C17H16N4O6Zn. The predicted octanol–water partition coefficient (Wildman–Crippen LogP) is -1.62. The molecule has 0 aliphatic carbocycles. The summed E-state index contributed by atoms with van der Waals surface area (Å²) in [5, 5.41) is 23.5. The second-order valence-electron chi connectivity index (χ2n) is 4.54. The van der Waals surface area contributed by atoms with Gasteiger partial charge < -0.3 is 36.1 Å². The third-order valence-corrected chi connectivity index (χ3v) is 2.75. The van der Waals surface area contributed by atoms with Gasteiger partial charge in [-0.1, -0.05) is 18.2 Å². The number of nitrogens with one attached hydrogen (secondary N) is 1. The first kappa shape index (κ1) is 27.0. The van der Waals surface area contributed by atoms with Crippen LogP contribution in [0.3, 0.4) is 0 Å². The average Bonchev–Trinajstić information content (AvgIpc) is 2.64. The molecule has 0 aliphatic heterocycles. The molecule has 0 atom stereocenters. The number of rotatable bonds is 4. The molecule has 0 saturated carbocycles. The summed E-state index contributed by atoms with van der Waals surface area (Å²) in [6, 6.07) is 14.9. The van der Waals surface area contributed by atoms with Crippen molar-refractivity contribution in [2.45, 2.75) is 0 Å². The van der Waals surface area contributed by atoms with Gasteiger partial charge in [-0.3, -0.25) is 0 Å². The van der Waals surface area contributed by atoms with Crippen LogP contribution in [0.4, 0.5) is 11.6 Å². The van der Waals surface area contributed by atoms with Gasteiger partial charge in [0.15, 0.2) is 0 Å². The topological polar surface area (TPSA) is 194 Å². The number of carboxylic acid groups (broad SMARTS) is 2. The Morgan fingerprint density at radius 1 is 0.714 bits per heavy atom. The van der Waals surface area contributed by atoms with Crippen molar-refractivity contribution in [3.05, 3.63) is 78.4 Å². The number of aromatic carboxylic acids is 2. The molecular weight excluding hydrogens is 422 g/mol. The van der Waals surface area contributed by atoms with E-state index in [0.29, 0.717) is 0 Å². The van der Waals surface area contributed by atoms with Crippen LogP contribution in [-0.4, -0.2) is 37.8 Å². The molecule has 0 radical (unpaired) electrons. The fourth-order valence-electron chi connectivity index (χ4n) is 1.67. The van der Waals surface area contributed by atoms with Crippen molar-refractivity contribution in [3.8, 4) is 0 Å². The van der Waals surface area contributed by atoms with Crippen molar-refractivity contribution in [1.82, 2.24) is 15.0 Å². The smallest absolute Gasteiger partial charge is 0.543 e. The molecule has 0 unspecified atom stereocenters. The van der Waals surface area contributed by atoms with E-state index in [1.54, 1.807) is 12.4 Å². The summed E-state index contributed by atoms with van der Waals surface area (Å²) in [7, 11) is 0. The summed E-state index contributed by atoms with van der Waals surface area (Å²) in [5.74, 6) is -1.42. The second-order valence-corrected chi connectivity index (χ2v) is 4.54. The molecule has 0 spiro atoms. The third kappa shape index (κ3) is 8.90. The van der Waals surface area contributed by atoms with Gasteiger partial charge >= 0.3 is 19.5 Å². The number of hydrogen-bond acceptors (Lipinski definition) is 8. The number of anilines is 2. The number of pyridine rings is 3. The number of aromatic nitrogens is 3. The average molecular weight is 438 g/mol. The van der Waals surface area contributed by atoms with Gasteiger partial charge in [0.05, 0.1) is 23.3 Å². The Labute approximate surface area is 172 Å². The molecule has 5 N–H and O–H groups in total. The van der Waals surface area contributed by atoms with Gasteiger partial charge in [-0.25, -0.2) is 15.0 Å². The van der Waals surface area contributed by atoms with E-state index in [1.807, 2.05) is 36.4 Å². The van der Waals surface area contributed by atoms with Crippen molar-refractivity contribution < 1.29 is 50.2 Å². The minimum atomic E-state index is -1.52. The van der Waals surface area contributed by atoms with Gasteiger partial charge in [-0.05, 0) is 36.4 Å². The van der Waals surface area contributed by atoms with E-state index < -0.39 is 23.3 Å². The molecule has 3 rings (SSSR count). The van der Waals surface area contributed by atoms with Crippen LogP contribution < -0.4 is 15.5 Å². The fraction of sp³-hybridized carbons (Fsp3) is 0. The normalized spacial score (nSPS) is 8.43. The van der Waals surface area contributed by atoms with Gasteiger partial charge in [0.1, 0.15) is 11.6 Å². The van der Waals surface area contributed by atoms with Crippen molar-refractivity contribution >= 4 is 23.6 Å². The van der Waals surface area contributed by atoms with E-state index in [2.05, 4.69) is 20.3 Å². The molecule has 3 aromatic rings. The summed E-state index contributed by atoms with van der Waals surface area (Å²) in [6.45, 7) is 0. The molecule has 3 aromatic heterocycles. The number of carbonyl (C=O) groups excluding carboxylic acids is 2. The van der Waals surface area contributed by atoms with E-state index in [9.17, 15) is 19.8 Å². The predicted molar refractivity (Wildman–Crippen MR) is 91.9 cm³/mol. The van der Waals surface area contributed by atoms with Crippen molar-refractivity contribution in [3.63, 3.8) is 0 Å². The number of carboxylic acids is 2. The van der Waals surface area contributed by atoms with Gasteiger partial charge in [-0.15, -0.1) is 0 Å². The minimum Gasteiger partial charge on any atom is -0.543 e. The van der Waals surface area contributed by atoms with Crippen LogP contribution in [0.15, 0.2) is 67.0 Å². The van der Waals surface area contributed by atoms with Crippen LogP contribution >= 0.6 is 0 Å². The summed E-state index contributed by atoms with van der Waals surface area (Å²) in [6.07, 6.45) is 3.48. The zero-order valence-electron chi connectivity index (χ0n) is 14.5. The Kier molecular flexibility index (Phi) is 13.4. The number of carbonyl (C=O) groups is 2. The monoisotopic (exact) mass is 436 g/mol. The van der Waals surface area contributed by atoms with E-state index in [0.717, 1.165) is 23.8 Å². The SMILES string of the molecule is O.O.O=C([O-])c1cccc(C(=O)[O-])n1.[Zn+2].c1ccc(Nc2ccccn2)nc1. The van der Waals surface area contributed by atoms with Gasteiger partial charge in [0, 0.05) is 12.4 Å². The Balaban J connectivity index is 0. The Hall–Kier alpha value is -3.27. The van der Waals surface area contributed by atoms with Crippen LogP contribution in [0.2, 0.25) is 0 Å². The molecule has 3 heterocycles. The maximum atomic E-state index is 10.2.